The van der Waals surface area contributed by atoms with Gasteiger partial charge in [-0.25, -0.2) is 0 Å². The van der Waals surface area contributed by atoms with Crippen LogP contribution in [0.15, 0.2) is 17.5 Å². The Bertz CT molecular complexity index is 329. The van der Waals surface area contributed by atoms with Crippen molar-refractivity contribution in [3.8, 4) is 0 Å². The van der Waals surface area contributed by atoms with Gasteiger partial charge in [0.15, 0.2) is 0 Å². The Balaban J connectivity index is 1.80. The van der Waals surface area contributed by atoms with Crippen LogP contribution in [0.2, 0.25) is 0 Å². The molecule has 1 heterocycles. The third-order valence-electron chi connectivity index (χ3n) is 4.40. The quantitative estimate of drug-likeness (QED) is 0.826. The molecule has 2 aliphatic rings. The highest BCUT2D eigenvalue weighted by Gasteiger charge is 2.57. The standard InChI is InChI=1S/C13H19NS/c1-14-10-13(11-4-2-7-15-11)8-12(9-13)5-3-6-12/h2,4,7,14H,3,5-6,8-10H2,1H3. The largest absolute Gasteiger partial charge is 0.319 e. The fourth-order valence-electron chi connectivity index (χ4n) is 3.72. The molecule has 0 aliphatic heterocycles. The fraction of sp³-hybridized carbons (Fsp3) is 0.692. The van der Waals surface area contributed by atoms with Crippen LogP contribution in [0, 0.1) is 5.41 Å². The molecule has 2 aliphatic carbocycles. The van der Waals surface area contributed by atoms with E-state index in [4.69, 9.17) is 0 Å². The van der Waals surface area contributed by atoms with Crippen LogP contribution in [0.4, 0.5) is 0 Å². The first-order valence-electron chi connectivity index (χ1n) is 5.97. The maximum atomic E-state index is 3.39. The summed E-state index contributed by atoms with van der Waals surface area (Å²) in [7, 11) is 2.08. The van der Waals surface area contributed by atoms with E-state index in [0.717, 1.165) is 12.0 Å². The topological polar surface area (TPSA) is 12.0 Å². The van der Waals surface area contributed by atoms with Gasteiger partial charge >= 0.3 is 0 Å². The van der Waals surface area contributed by atoms with E-state index >= 15 is 0 Å². The van der Waals surface area contributed by atoms with Gasteiger partial charge in [-0.1, -0.05) is 12.5 Å². The minimum atomic E-state index is 0.489. The van der Waals surface area contributed by atoms with Crippen molar-refractivity contribution in [1.29, 1.82) is 0 Å². The van der Waals surface area contributed by atoms with Crippen molar-refractivity contribution in [2.24, 2.45) is 5.41 Å². The minimum Gasteiger partial charge on any atom is -0.319 e. The molecule has 2 saturated carbocycles. The first-order valence-corrected chi connectivity index (χ1v) is 6.85. The normalized spacial score (nSPS) is 25.9. The molecule has 0 atom stereocenters. The van der Waals surface area contributed by atoms with Crippen molar-refractivity contribution in [1.82, 2.24) is 5.32 Å². The summed E-state index contributed by atoms with van der Waals surface area (Å²) in [6.45, 7) is 1.16. The number of rotatable bonds is 3. The predicted molar refractivity (Wildman–Crippen MR) is 65.4 cm³/mol. The molecule has 82 valence electrons. The second-order valence-electron chi connectivity index (χ2n) is 5.50. The molecular formula is C13H19NS. The van der Waals surface area contributed by atoms with E-state index < -0.39 is 0 Å². The van der Waals surface area contributed by atoms with Gasteiger partial charge < -0.3 is 5.32 Å². The van der Waals surface area contributed by atoms with Crippen LogP contribution in [-0.4, -0.2) is 13.6 Å². The molecule has 1 N–H and O–H groups in total. The SMILES string of the molecule is CNCC1(c2cccs2)CC2(CCC2)C1. The lowest BCUT2D eigenvalue weighted by atomic mass is 9.45. The average molecular weight is 221 g/mol. The van der Waals surface area contributed by atoms with Crippen molar-refractivity contribution >= 4 is 11.3 Å². The highest BCUT2D eigenvalue weighted by molar-refractivity contribution is 7.10. The van der Waals surface area contributed by atoms with Crippen LogP contribution < -0.4 is 5.32 Å². The van der Waals surface area contributed by atoms with Crippen LogP contribution in [0.25, 0.3) is 0 Å². The number of nitrogens with one attached hydrogen (secondary N) is 1. The molecule has 0 bridgehead atoms. The minimum absolute atomic E-state index is 0.489. The summed E-state index contributed by atoms with van der Waals surface area (Å²) in [5.41, 5.74) is 1.25. The second kappa shape index (κ2) is 3.33. The van der Waals surface area contributed by atoms with Crippen molar-refractivity contribution in [3.05, 3.63) is 22.4 Å². The molecule has 1 nitrogen and oxygen atoms in total. The first-order chi connectivity index (χ1) is 7.29. The van der Waals surface area contributed by atoms with Crippen LogP contribution in [0.3, 0.4) is 0 Å². The lowest BCUT2D eigenvalue weighted by Gasteiger charge is -2.61. The lowest BCUT2D eigenvalue weighted by molar-refractivity contribution is -0.0459. The van der Waals surface area contributed by atoms with Gasteiger partial charge in [-0.05, 0) is 49.6 Å². The van der Waals surface area contributed by atoms with E-state index in [9.17, 15) is 0 Å². The van der Waals surface area contributed by atoms with Crippen LogP contribution in [-0.2, 0) is 5.41 Å². The van der Waals surface area contributed by atoms with E-state index in [1.165, 1.54) is 32.1 Å². The molecule has 15 heavy (non-hydrogen) atoms. The summed E-state index contributed by atoms with van der Waals surface area (Å²) < 4.78 is 0. The Labute approximate surface area is 95.9 Å². The fourth-order valence-corrected chi connectivity index (χ4v) is 4.65. The van der Waals surface area contributed by atoms with Gasteiger partial charge in [0.25, 0.3) is 0 Å². The third-order valence-corrected chi connectivity index (χ3v) is 5.52. The molecule has 0 saturated heterocycles. The van der Waals surface area contributed by atoms with Gasteiger partial charge in [-0.3, -0.25) is 0 Å². The summed E-state index contributed by atoms with van der Waals surface area (Å²) >= 11 is 1.94. The molecule has 3 rings (SSSR count). The molecule has 0 radical (unpaired) electrons. The van der Waals surface area contributed by atoms with Crippen LogP contribution in [0.1, 0.15) is 37.0 Å². The summed E-state index contributed by atoms with van der Waals surface area (Å²) in [5.74, 6) is 0. The Morgan fingerprint density at radius 2 is 2.20 bits per heavy atom. The van der Waals surface area contributed by atoms with Gasteiger partial charge in [-0.2, -0.15) is 0 Å². The number of hydrogen-bond acceptors (Lipinski definition) is 2. The van der Waals surface area contributed by atoms with Crippen molar-refractivity contribution in [2.45, 2.75) is 37.5 Å². The van der Waals surface area contributed by atoms with E-state index in [2.05, 4.69) is 29.9 Å². The lowest BCUT2D eigenvalue weighted by Crippen LogP contribution is -2.56. The third kappa shape index (κ3) is 1.38. The van der Waals surface area contributed by atoms with Gasteiger partial charge in [0, 0.05) is 16.8 Å². The van der Waals surface area contributed by atoms with Gasteiger partial charge in [0.2, 0.25) is 0 Å². The van der Waals surface area contributed by atoms with E-state index in [-0.39, 0.29) is 0 Å². The van der Waals surface area contributed by atoms with Crippen molar-refractivity contribution in [3.63, 3.8) is 0 Å². The zero-order valence-corrected chi connectivity index (χ0v) is 10.2. The molecular weight excluding hydrogens is 202 g/mol. The molecule has 1 spiro atoms. The summed E-state index contributed by atoms with van der Waals surface area (Å²) in [4.78, 5) is 1.61. The Morgan fingerprint density at radius 3 is 2.67 bits per heavy atom. The van der Waals surface area contributed by atoms with Gasteiger partial charge in [-0.15, -0.1) is 11.3 Å². The van der Waals surface area contributed by atoms with E-state index in [1.54, 1.807) is 4.88 Å². The summed E-state index contributed by atoms with van der Waals surface area (Å²) in [5, 5.41) is 5.61. The number of thiophene rings is 1. The van der Waals surface area contributed by atoms with Crippen LogP contribution in [0.5, 0.6) is 0 Å². The van der Waals surface area contributed by atoms with E-state index in [0.29, 0.717) is 5.41 Å². The predicted octanol–water partition coefficient (Wildman–Crippen LogP) is 3.17. The summed E-state index contributed by atoms with van der Waals surface area (Å²) in [6.07, 6.45) is 7.32. The Morgan fingerprint density at radius 1 is 1.40 bits per heavy atom. The Hall–Kier alpha value is -0.340. The molecule has 1 aromatic heterocycles. The molecule has 2 heteroatoms. The van der Waals surface area contributed by atoms with Gasteiger partial charge in [0.05, 0.1) is 0 Å². The maximum absolute atomic E-state index is 3.39. The first kappa shape index (κ1) is 9.86. The molecule has 1 aromatic rings. The zero-order chi connectivity index (χ0) is 10.4. The number of likely N-dealkylation sites (N-methyl/N-ethyl adjacent to an activating group) is 1. The van der Waals surface area contributed by atoms with E-state index in [1.807, 2.05) is 11.3 Å². The molecule has 2 fully saturated rings. The molecule has 0 amide bonds. The highest BCUT2D eigenvalue weighted by Crippen LogP contribution is 2.65. The maximum Gasteiger partial charge on any atom is 0.0182 e. The highest BCUT2D eigenvalue weighted by atomic mass is 32.1. The molecule has 0 unspecified atom stereocenters. The van der Waals surface area contributed by atoms with Crippen molar-refractivity contribution in [2.75, 3.05) is 13.6 Å². The monoisotopic (exact) mass is 221 g/mol. The summed E-state index contributed by atoms with van der Waals surface area (Å²) in [6, 6.07) is 4.52. The number of hydrogen-bond donors (Lipinski definition) is 1. The average Bonchev–Trinajstić information content (AvgIpc) is 2.60. The van der Waals surface area contributed by atoms with Crippen molar-refractivity contribution < 1.29 is 0 Å². The van der Waals surface area contributed by atoms with Gasteiger partial charge in [0.1, 0.15) is 0 Å². The van der Waals surface area contributed by atoms with Crippen LogP contribution >= 0.6 is 11.3 Å². The second-order valence-corrected chi connectivity index (χ2v) is 6.44. The zero-order valence-electron chi connectivity index (χ0n) is 9.38. The Kier molecular flexibility index (Phi) is 2.18. The smallest absolute Gasteiger partial charge is 0.0182 e. The molecule has 0 aromatic carbocycles.